The van der Waals surface area contributed by atoms with Gasteiger partial charge in [0.1, 0.15) is 17.7 Å². The van der Waals surface area contributed by atoms with Gasteiger partial charge in [0.25, 0.3) is 0 Å². The molecular formula is C30H49N5O7. The maximum atomic E-state index is 13.9. The van der Waals surface area contributed by atoms with Gasteiger partial charge in [-0.05, 0) is 65.2 Å². The lowest BCUT2D eigenvalue weighted by molar-refractivity contribution is -0.143. The molecule has 3 rings (SSSR count). The van der Waals surface area contributed by atoms with Gasteiger partial charge in [0.05, 0.1) is 18.4 Å². The molecule has 12 nitrogen and oxygen atoms in total. The zero-order chi connectivity index (χ0) is 31.1. The molecular weight excluding hydrogens is 542 g/mol. The molecule has 3 aliphatic heterocycles. The van der Waals surface area contributed by atoms with E-state index in [0.717, 1.165) is 12.8 Å². The Morgan fingerprint density at radius 2 is 1.86 bits per heavy atom. The molecule has 3 heterocycles. The van der Waals surface area contributed by atoms with Crippen LogP contribution in [0.2, 0.25) is 0 Å². The van der Waals surface area contributed by atoms with Crippen LogP contribution in [0.3, 0.4) is 0 Å². The van der Waals surface area contributed by atoms with Crippen LogP contribution < -0.4 is 21.7 Å². The number of hydrogen-bond acceptors (Lipinski definition) is 7. The highest BCUT2D eigenvalue weighted by molar-refractivity contribution is 5.92. The maximum Gasteiger partial charge on any atom is 0.408 e. The molecule has 0 radical (unpaired) electrons. The van der Waals surface area contributed by atoms with Crippen LogP contribution in [0.1, 0.15) is 79.6 Å². The van der Waals surface area contributed by atoms with E-state index >= 15 is 0 Å². The van der Waals surface area contributed by atoms with Crippen molar-refractivity contribution < 1.29 is 33.4 Å². The molecule has 5 N–H and O–H groups in total. The van der Waals surface area contributed by atoms with Gasteiger partial charge in [0.2, 0.25) is 23.6 Å². The van der Waals surface area contributed by atoms with E-state index in [9.17, 15) is 24.0 Å². The summed E-state index contributed by atoms with van der Waals surface area (Å²) in [6.07, 6.45) is 6.05. The van der Waals surface area contributed by atoms with E-state index in [2.05, 4.69) is 22.0 Å². The van der Waals surface area contributed by atoms with Gasteiger partial charge in [0.15, 0.2) is 0 Å². The Bertz CT molecular complexity index is 1030. The molecule has 4 atom stereocenters. The standard InChI is InChI=1S/C30H49N5O7/c1-19(2)16-22-25(37)32-21-9-15-41-18-20(21)8-6-7-10-30(27(39)33-22)11-13-35(14-12-30)26(38)23(17-24(31)36)34-28(40)42-29(3,4)5/h6-7,19-23H,8-18H2,1-5H3,(H2,31,36)(H,32,37)(H,33,39)(H,34,40)/t20-,21+,22+,23+/m1/s1. The summed E-state index contributed by atoms with van der Waals surface area (Å²) in [6.45, 7) is 10.8. The molecule has 2 saturated heterocycles. The first-order valence-corrected chi connectivity index (χ1v) is 15.1. The Morgan fingerprint density at radius 3 is 2.48 bits per heavy atom. The highest BCUT2D eigenvalue weighted by Gasteiger charge is 2.44. The number of nitrogens with two attached hydrogens (primary N) is 1. The molecule has 5 amide bonds. The number of hydrogen-bond donors (Lipinski definition) is 4. The minimum Gasteiger partial charge on any atom is -0.444 e. The van der Waals surface area contributed by atoms with E-state index in [1.165, 1.54) is 0 Å². The van der Waals surface area contributed by atoms with E-state index in [1.54, 1.807) is 25.7 Å². The SMILES string of the molecule is CC(C)C[C@@H]1NC(=O)C2(CC=CC[C@@H]3COCC[C@@H]3NC1=O)CCN(C(=O)[C@H](CC(N)=O)NC(=O)OC(C)(C)C)CC2. The number of alkyl carbamates (subject to hydrolysis) is 1. The van der Waals surface area contributed by atoms with Crippen LogP contribution in [0.4, 0.5) is 4.79 Å². The van der Waals surface area contributed by atoms with Gasteiger partial charge in [-0.2, -0.15) is 0 Å². The number of piperidine rings is 1. The summed E-state index contributed by atoms with van der Waals surface area (Å²) >= 11 is 0. The van der Waals surface area contributed by atoms with Gasteiger partial charge in [-0.1, -0.05) is 26.0 Å². The number of fused-ring (bicyclic) bond motifs is 1. The molecule has 0 aromatic carbocycles. The molecule has 42 heavy (non-hydrogen) atoms. The monoisotopic (exact) mass is 591 g/mol. The number of allylic oxidation sites excluding steroid dienone is 2. The topological polar surface area (TPSA) is 169 Å². The second-order valence-corrected chi connectivity index (χ2v) is 13.3. The van der Waals surface area contributed by atoms with Crippen molar-refractivity contribution in [3.63, 3.8) is 0 Å². The fourth-order valence-electron chi connectivity index (χ4n) is 5.85. The minimum absolute atomic E-state index is 0.00672. The molecule has 0 unspecified atom stereocenters. The predicted molar refractivity (Wildman–Crippen MR) is 156 cm³/mol. The molecule has 0 aromatic heterocycles. The molecule has 236 valence electrons. The van der Waals surface area contributed by atoms with Crippen LogP contribution in [0, 0.1) is 17.3 Å². The Morgan fingerprint density at radius 1 is 1.17 bits per heavy atom. The van der Waals surface area contributed by atoms with Gasteiger partial charge in [-0.15, -0.1) is 0 Å². The van der Waals surface area contributed by atoms with Gasteiger partial charge in [-0.3, -0.25) is 19.2 Å². The third-order valence-electron chi connectivity index (χ3n) is 8.15. The molecule has 1 spiro atoms. The molecule has 3 aliphatic rings. The minimum atomic E-state index is -1.18. The summed E-state index contributed by atoms with van der Waals surface area (Å²) in [7, 11) is 0. The lowest BCUT2D eigenvalue weighted by Gasteiger charge is -2.42. The van der Waals surface area contributed by atoms with Crippen LogP contribution in [-0.2, 0) is 28.7 Å². The number of carbonyl (C=O) groups excluding carboxylic acids is 5. The predicted octanol–water partition coefficient (Wildman–Crippen LogP) is 1.77. The van der Waals surface area contributed by atoms with E-state index in [1.807, 2.05) is 19.9 Å². The average Bonchev–Trinajstić information content (AvgIpc) is 2.89. The highest BCUT2D eigenvalue weighted by atomic mass is 16.6. The molecule has 0 aliphatic carbocycles. The van der Waals surface area contributed by atoms with Crippen LogP contribution in [0.25, 0.3) is 0 Å². The number of rotatable bonds is 6. The summed E-state index contributed by atoms with van der Waals surface area (Å²) in [5, 5.41) is 8.72. The number of nitrogens with zero attached hydrogens (tertiary/aromatic N) is 1. The van der Waals surface area contributed by atoms with Crippen molar-refractivity contribution in [2.75, 3.05) is 26.3 Å². The van der Waals surface area contributed by atoms with Gasteiger partial charge >= 0.3 is 6.09 Å². The lowest BCUT2D eigenvalue weighted by Crippen LogP contribution is -2.58. The second kappa shape index (κ2) is 14.3. The second-order valence-electron chi connectivity index (χ2n) is 13.3. The maximum absolute atomic E-state index is 13.9. The molecule has 0 saturated carbocycles. The Hall–Kier alpha value is -3.15. The third-order valence-corrected chi connectivity index (χ3v) is 8.15. The zero-order valence-electron chi connectivity index (χ0n) is 25.7. The molecule has 12 heteroatoms. The third kappa shape index (κ3) is 9.43. The van der Waals surface area contributed by atoms with Gasteiger partial charge < -0.3 is 36.1 Å². The van der Waals surface area contributed by atoms with Crippen LogP contribution >= 0.6 is 0 Å². The van der Waals surface area contributed by atoms with E-state index < -0.39 is 41.0 Å². The highest BCUT2D eigenvalue weighted by Crippen LogP contribution is 2.37. The first-order valence-electron chi connectivity index (χ1n) is 15.1. The largest absolute Gasteiger partial charge is 0.444 e. The summed E-state index contributed by atoms with van der Waals surface area (Å²) in [6, 6.07) is -1.85. The smallest absolute Gasteiger partial charge is 0.408 e. The van der Waals surface area contributed by atoms with Gasteiger partial charge in [-0.25, -0.2) is 4.79 Å². The Balaban J connectivity index is 1.77. The molecule has 0 bridgehead atoms. The van der Waals surface area contributed by atoms with Crippen LogP contribution in [-0.4, -0.2) is 84.7 Å². The first kappa shape index (κ1) is 33.4. The number of carbonyl (C=O) groups is 5. The Labute approximate surface area is 248 Å². The van der Waals surface area contributed by atoms with Crippen molar-refractivity contribution in [2.45, 2.75) is 103 Å². The van der Waals surface area contributed by atoms with Crippen molar-refractivity contribution in [1.29, 1.82) is 0 Å². The van der Waals surface area contributed by atoms with Crippen molar-refractivity contribution in [2.24, 2.45) is 23.0 Å². The van der Waals surface area contributed by atoms with Crippen molar-refractivity contribution in [3.8, 4) is 0 Å². The fraction of sp³-hybridized carbons (Fsp3) is 0.767. The molecule has 2 fully saturated rings. The summed E-state index contributed by atoms with van der Waals surface area (Å²) in [5.41, 5.74) is 3.77. The summed E-state index contributed by atoms with van der Waals surface area (Å²) < 4.78 is 11.0. The number of likely N-dealkylation sites (tertiary alicyclic amines) is 1. The van der Waals surface area contributed by atoms with Crippen LogP contribution in [0.15, 0.2) is 12.2 Å². The Kier molecular flexibility index (Phi) is 11.4. The van der Waals surface area contributed by atoms with Crippen molar-refractivity contribution in [1.82, 2.24) is 20.9 Å². The lowest BCUT2D eigenvalue weighted by atomic mass is 9.74. The number of primary amides is 1. The van der Waals surface area contributed by atoms with E-state index in [0.29, 0.717) is 38.9 Å². The van der Waals surface area contributed by atoms with Crippen LogP contribution in [0.5, 0.6) is 0 Å². The van der Waals surface area contributed by atoms with E-state index in [-0.39, 0.29) is 49.2 Å². The van der Waals surface area contributed by atoms with E-state index in [4.69, 9.17) is 15.2 Å². The molecule has 0 aromatic rings. The normalized spacial score (nSPS) is 25.8. The zero-order valence-corrected chi connectivity index (χ0v) is 25.7. The quantitative estimate of drug-likeness (QED) is 0.341. The van der Waals surface area contributed by atoms with Crippen molar-refractivity contribution in [3.05, 3.63) is 12.2 Å². The summed E-state index contributed by atoms with van der Waals surface area (Å²) in [5.74, 6) is -1.23. The van der Waals surface area contributed by atoms with Crippen molar-refractivity contribution >= 4 is 29.7 Å². The number of amides is 5. The summed E-state index contributed by atoms with van der Waals surface area (Å²) in [4.78, 5) is 66.3. The fourth-order valence-corrected chi connectivity index (χ4v) is 5.85. The first-order chi connectivity index (χ1) is 19.7. The average molecular weight is 592 g/mol. The van der Waals surface area contributed by atoms with Gasteiger partial charge in [0, 0.05) is 31.7 Å². The number of nitrogens with one attached hydrogen (secondary N) is 3. The number of ether oxygens (including phenoxy) is 2.